The van der Waals surface area contributed by atoms with E-state index in [0.717, 1.165) is 51.3 Å². The fourth-order valence-electron chi connectivity index (χ4n) is 4.79. The molecule has 232 valence electrons. The lowest BCUT2D eigenvalue weighted by Gasteiger charge is -2.31. The van der Waals surface area contributed by atoms with Crippen LogP contribution in [0.5, 0.6) is 5.75 Å². The molecule has 0 bridgehead atoms. The second kappa shape index (κ2) is 19.0. The summed E-state index contributed by atoms with van der Waals surface area (Å²) in [5, 5.41) is 16.4. The zero-order valence-electron chi connectivity index (χ0n) is 27.9. The third-order valence-electron chi connectivity index (χ3n) is 6.55. The smallest absolute Gasteiger partial charge is 0.337 e. The number of aromatic carboxylic acids is 1. The van der Waals surface area contributed by atoms with Crippen molar-refractivity contribution in [1.29, 1.82) is 0 Å². The molecule has 0 fully saturated rings. The molecule has 0 radical (unpaired) electrons. The monoisotopic (exact) mass is 584 g/mol. The average molecular weight is 585 g/mol. The van der Waals surface area contributed by atoms with Crippen molar-refractivity contribution >= 4 is 17.2 Å². The molecule has 0 saturated heterocycles. The minimum absolute atomic E-state index is 0.170. The number of para-hydroxylation sites is 1. The molecule has 0 amide bonds. The maximum atomic E-state index is 11.7. The zero-order valence-corrected chi connectivity index (χ0v) is 27.9. The van der Waals surface area contributed by atoms with Crippen LogP contribution in [-0.4, -0.2) is 17.6 Å². The molecule has 0 aromatic heterocycles. The van der Waals surface area contributed by atoms with E-state index in [2.05, 4.69) is 69.2 Å². The second-order valence-corrected chi connectivity index (χ2v) is 9.73. The molecule has 5 heteroatoms. The van der Waals surface area contributed by atoms with Crippen molar-refractivity contribution in [1.82, 2.24) is 5.32 Å². The topological polar surface area (TPSA) is 70.6 Å². The molecule has 43 heavy (non-hydrogen) atoms. The Bertz CT molecular complexity index is 1390. The molecular formula is C38H52N2O3. The number of nitrogens with one attached hydrogen (secondary N) is 2. The lowest BCUT2D eigenvalue weighted by atomic mass is 9.87. The van der Waals surface area contributed by atoms with Gasteiger partial charge in [-0.05, 0) is 93.8 Å². The van der Waals surface area contributed by atoms with Gasteiger partial charge in [-0.25, -0.2) is 4.79 Å². The highest BCUT2D eigenvalue weighted by Crippen LogP contribution is 2.45. The number of rotatable bonds is 7. The molecule has 0 spiro atoms. The molecule has 2 aliphatic rings. The van der Waals surface area contributed by atoms with E-state index in [1.54, 1.807) is 24.3 Å². The second-order valence-electron chi connectivity index (χ2n) is 9.73. The van der Waals surface area contributed by atoms with Crippen LogP contribution in [0.2, 0.25) is 0 Å². The summed E-state index contributed by atoms with van der Waals surface area (Å²) < 4.78 is 6.68. The summed E-state index contributed by atoms with van der Waals surface area (Å²) in [5.41, 5.74) is 8.64. The van der Waals surface area contributed by atoms with Crippen molar-refractivity contribution < 1.29 is 14.6 Å². The number of fused-ring (bicyclic) bond motifs is 1. The third kappa shape index (κ3) is 9.92. The summed E-state index contributed by atoms with van der Waals surface area (Å²) in [6, 6.07) is 11.1. The van der Waals surface area contributed by atoms with Crippen molar-refractivity contribution in [2.24, 2.45) is 0 Å². The number of hydrogen-bond donors (Lipinski definition) is 3. The van der Waals surface area contributed by atoms with Crippen molar-refractivity contribution in [3.8, 4) is 5.75 Å². The lowest BCUT2D eigenvalue weighted by Crippen LogP contribution is -2.22. The van der Waals surface area contributed by atoms with Crippen molar-refractivity contribution in [2.45, 2.75) is 81.7 Å². The van der Waals surface area contributed by atoms with Crippen LogP contribution in [-0.2, 0) is 0 Å². The Balaban J connectivity index is 0.000000917. The molecule has 4 rings (SSSR count). The number of carboxylic acid groups (broad SMARTS) is 1. The predicted molar refractivity (Wildman–Crippen MR) is 186 cm³/mol. The number of ether oxygens (including phenoxy) is 1. The Labute approximate surface area is 260 Å². The van der Waals surface area contributed by atoms with Crippen LogP contribution in [0.1, 0.15) is 102 Å². The molecule has 1 atom stereocenters. The van der Waals surface area contributed by atoms with E-state index < -0.39 is 5.97 Å². The normalized spacial score (nSPS) is 15.0. The quantitative estimate of drug-likeness (QED) is 0.282. The number of aryl methyl sites for hydroxylation is 1. The van der Waals surface area contributed by atoms with Gasteiger partial charge in [-0.3, -0.25) is 0 Å². The van der Waals surface area contributed by atoms with E-state index in [-0.39, 0.29) is 11.6 Å². The molecule has 0 aliphatic carbocycles. The van der Waals surface area contributed by atoms with Crippen LogP contribution < -0.4 is 15.4 Å². The largest absolute Gasteiger partial charge is 0.478 e. The van der Waals surface area contributed by atoms with Gasteiger partial charge in [-0.15, -0.1) is 0 Å². The van der Waals surface area contributed by atoms with Crippen molar-refractivity contribution in [2.75, 3.05) is 11.9 Å². The molecule has 2 aliphatic heterocycles. The van der Waals surface area contributed by atoms with Gasteiger partial charge in [0.2, 0.25) is 0 Å². The van der Waals surface area contributed by atoms with Gasteiger partial charge in [0.05, 0.1) is 11.6 Å². The summed E-state index contributed by atoms with van der Waals surface area (Å²) in [6.45, 7) is 24.6. The standard InChI is InChI=1S/C29H32N2O3.C5H8.2C2H6/c1-6-9-22-19(4)27(21-12-18(3)15-30-16-21)34-28-24(13-17(2)14-25(22)28)20(5)31-26-11-8-7-10-23(26)29(32)33;1-3-5-4-2;2*1-2/h7-15,20,30-31H,6,16H2,1-5H3,(H,32,33);3-5H,1H2,2H3;2*1-2H3/b;5-4-;;. The highest BCUT2D eigenvalue weighted by Gasteiger charge is 2.29. The van der Waals surface area contributed by atoms with E-state index in [0.29, 0.717) is 12.2 Å². The summed E-state index contributed by atoms with van der Waals surface area (Å²) in [5.74, 6) is 0.759. The summed E-state index contributed by atoms with van der Waals surface area (Å²) >= 11 is 0. The predicted octanol–water partition coefficient (Wildman–Crippen LogP) is 10.6. The van der Waals surface area contributed by atoms with Gasteiger partial charge in [-0.1, -0.05) is 83.7 Å². The van der Waals surface area contributed by atoms with Gasteiger partial charge in [0.1, 0.15) is 11.5 Å². The first-order valence-electron chi connectivity index (χ1n) is 15.4. The van der Waals surface area contributed by atoms with Gasteiger partial charge < -0.3 is 20.5 Å². The third-order valence-corrected chi connectivity index (χ3v) is 6.55. The zero-order chi connectivity index (χ0) is 32.5. The van der Waals surface area contributed by atoms with Gasteiger partial charge in [0.15, 0.2) is 0 Å². The molecular weight excluding hydrogens is 532 g/mol. The number of anilines is 1. The van der Waals surface area contributed by atoms with Crippen LogP contribution in [0.4, 0.5) is 5.69 Å². The molecule has 1 unspecified atom stereocenters. The fourth-order valence-corrected chi connectivity index (χ4v) is 4.79. The number of carbonyl (C=O) groups is 1. The lowest BCUT2D eigenvalue weighted by molar-refractivity contribution is 0.0698. The van der Waals surface area contributed by atoms with Crippen molar-refractivity contribution in [3.63, 3.8) is 0 Å². The van der Waals surface area contributed by atoms with Crippen LogP contribution in [0.25, 0.3) is 5.57 Å². The number of dihydropyridines is 1. The van der Waals surface area contributed by atoms with Crippen LogP contribution >= 0.6 is 0 Å². The Morgan fingerprint density at radius 3 is 2.37 bits per heavy atom. The van der Waals surface area contributed by atoms with E-state index in [1.807, 2.05) is 66.0 Å². The fraction of sp³-hybridized carbons (Fsp3) is 0.342. The SMILES string of the molecule is C=C/C=C\C.CC.CC.CCC=C1C(C)=C(C2=CC(C)=CNC2)Oc2c1cc(C)cc2C(C)Nc1ccccc1C(=O)O. The van der Waals surface area contributed by atoms with Crippen LogP contribution in [0, 0.1) is 6.92 Å². The van der Waals surface area contributed by atoms with Gasteiger partial charge in [0, 0.05) is 28.9 Å². The highest BCUT2D eigenvalue weighted by molar-refractivity contribution is 5.94. The summed E-state index contributed by atoms with van der Waals surface area (Å²) in [4.78, 5) is 11.7. The van der Waals surface area contributed by atoms with Gasteiger partial charge in [0.25, 0.3) is 0 Å². The molecule has 2 aromatic rings. The maximum Gasteiger partial charge on any atom is 0.337 e. The number of benzene rings is 2. The van der Waals surface area contributed by atoms with Gasteiger partial charge >= 0.3 is 5.97 Å². The van der Waals surface area contributed by atoms with Crippen molar-refractivity contribution in [3.05, 3.63) is 124 Å². The Morgan fingerprint density at radius 1 is 1.14 bits per heavy atom. The van der Waals surface area contributed by atoms with Gasteiger partial charge in [-0.2, -0.15) is 0 Å². The Kier molecular flexibility index (Phi) is 16.3. The van der Waals surface area contributed by atoms with Crippen LogP contribution in [0.3, 0.4) is 0 Å². The average Bonchev–Trinajstić information content (AvgIpc) is 3.01. The molecule has 2 aromatic carbocycles. The maximum absolute atomic E-state index is 11.7. The summed E-state index contributed by atoms with van der Waals surface area (Å²) in [7, 11) is 0. The highest BCUT2D eigenvalue weighted by atomic mass is 16.5. The Morgan fingerprint density at radius 2 is 1.81 bits per heavy atom. The minimum atomic E-state index is -0.952. The number of carboxylic acids is 1. The first-order valence-corrected chi connectivity index (χ1v) is 15.4. The summed E-state index contributed by atoms with van der Waals surface area (Å²) in [6.07, 6.45) is 12.9. The molecule has 2 heterocycles. The first kappa shape index (κ1) is 36.8. The Hall–Kier alpha value is -4.25. The number of hydrogen-bond acceptors (Lipinski definition) is 4. The molecule has 5 nitrogen and oxygen atoms in total. The van der Waals surface area contributed by atoms with E-state index in [9.17, 15) is 9.90 Å². The first-order chi connectivity index (χ1) is 20.7. The number of allylic oxidation sites excluding steroid dienone is 8. The molecule has 0 saturated carbocycles. The van der Waals surface area contributed by atoms with E-state index in [4.69, 9.17) is 4.74 Å². The minimum Gasteiger partial charge on any atom is -0.478 e. The van der Waals surface area contributed by atoms with E-state index >= 15 is 0 Å². The van der Waals surface area contributed by atoms with E-state index in [1.165, 1.54) is 5.57 Å². The molecule has 3 N–H and O–H groups in total. The van der Waals surface area contributed by atoms with Crippen LogP contribution in [0.15, 0.2) is 102 Å².